The van der Waals surface area contributed by atoms with Crippen molar-refractivity contribution < 1.29 is 14.3 Å². The molecule has 0 aliphatic rings. The minimum atomic E-state index is -0.337. The number of aromatic nitrogens is 2. The first kappa shape index (κ1) is 25.6. The molecule has 0 aliphatic carbocycles. The van der Waals surface area contributed by atoms with Gasteiger partial charge in [-0.15, -0.1) is 10.2 Å². The molecule has 0 spiro atoms. The summed E-state index contributed by atoms with van der Waals surface area (Å²) < 4.78 is 5.74. The van der Waals surface area contributed by atoms with E-state index in [-0.39, 0.29) is 18.2 Å². The Balaban J connectivity index is 1.42. The maximum atomic E-state index is 12.1. The smallest absolute Gasteiger partial charge is 0.247 e. The van der Waals surface area contributed by atoms with Gasteiger partial charge in [0, 0.05) is 22.0 Å². The number of ether oxygens (including phenoxy) is 1. The fraction of sp³-hybridized carbons (Fsp3) is 0.261. The van der Waals surface area contributed by atoms with E-state index in [0.29, 0.717) is 39.0 Å². The summed E-state index contributed by atoms with van der Waals surface area (Å²) in [6.45, 7) is 2.33. The van der Waals surface area contributed by atoms with Crippen molar-refractivity contribution in [3.63, 3.8) is 0 Å². The number of nitrogens with zero attached hydrogens (tertiary/aromatic N) is 3. The van der Waals surface area contributed by atoms with Crippen LogP contribution in [0.25, 0.3) is 0 Å². The van der Waals surface area contributed by atoms with Crippen LogP contribution in [-0.2, 0) is 22.6 Å². The van der Waals surface area contributed by atoms with Gasteiger partial charge in [-0.25, -0.2) is 5.43 Å². The Labute approximate surface area is 211 Å². The molecule has 34 heavy (non-hydrogen) atoms. The van der Waals surface area contributed by atoms with E-state index in [4.69, 9.17) is 27.9 Å². The van der Waals surface area contributed by atoms with Crippen LogP contribution in [0, 0.1) is 0 Å². The normalized spacial score (nSPS) is 10.9. The number of carbonyl (C=O) groups is 2. The van der Waals surface area contributed by atoms with Gasteiger partial charge in [0.2, 0.25) is 16.9 Å². The second kappa shape index (κ2) is 13.0. The van der Waals surface area contributed by atoms with Crippen LogP contribution >= 0.6 is 34.5 Å². The Morgan fingerprint density at radius 3 is 2.65 bits per heavy atom. The van der Waals surface area contributed by atoms with Crippen molar-refractivity contribution >= 4 is 57.7 Å². The molecular weight excluding hydrogens is 497 g/mol. The quantitative estimate of drug-likeness (QED) is 0.266. The lowest BCUT2D eigenvalue weighted by atomic mass is 10.2. The van der Waals surface area contributed by atoms with Gasteiger partial charge in [-0.3, -0.25) is 9.59 Å². The van der Waals surface area contributed by atoms with E-state index >= 15 is 0 Å². The van der Waals surface area contributed by atoms with E-state index < -0.39 is 0 Å². The number of rotatable bonds is 11. The largest absolute Gasteiger partial charge is 0.489 e. The number of amides is 2. The lowest BCUT2D eigenvalue weighted by Crippen LogP contribution is -2.19. The lowest BCUT2D eigenvalue weighted by molar-refractivity contribution is -0.120. The second-order valence-electron chi connectivity index (χ2n) is 7.22. The zero-order valence-corrected chi connectivity index (χ0v) is 20.7. The van der Waals surface area contributed by atoms with Crippen molar-refractivity contribution in [3.8, 4) is 5.75 Å². The molecule has 2 amide bonds. The monoisotopic (exact) mass is 519 g/mol. The summed E-state index contributed by atoms with van der Waals surface area (Å²) in [5.74, 6) is 0.223. The summed E-state index contributed by atoms with van der Waals surface area (Å²) in [6.07, 6.45) is 3.72. The number of hydrogen-bond acceptors (Lipinski definition) is 7. The van der Waals surface area contributed by atoms with E-state index in [1.165, 1.54) is 6.21 Å². The molecule has 0 bridgehead atoms. The van der Waals surface area contributed by atoms with Crippen molar-refractivity contribution in [2.24, 2.45) is 5.10 Å². The zero-order chi connectivity index (χ0) is 24.3. The molecule has 3 aromatic rings. The molecule has 0 aliphatic heterocycles. The van der Waals surface area contributed by atoms with E-state index in [2.05, 4.69) is 26.0 Å². The van der Waals surface area contributed by atoms with Gasteiger partial charge in [-0.2, -0.15) is 5.10 Å². The minimum absolute atomic E-state index is 0.0138. The number of hydrazone groups is 1. The molecular formula is C23H23Cl2N5O3S. The van der Waals surface area contributed by atoms with E-state index in [1.807, 2.05) is 25.1 Å². The van der Waals surface area contributed by atoms with E-state index in [1.54, 1.807) is 24.3 Å². The Bertz CT molecular complexity index is 1150. The topological polar surface area (TPSA) is 106 Å². The van der Waals surface area contributed by atoms with Crippen molar-refractivity contribution in [1.29, 1.82) is 0 Å². The van der Waals surface area contributed by atoms with Crippen LogP contribution in [0.15, 0.2) is 47.6 Å². The van der Waals surface area contributed by atoms with Crippen LogP contribution in [0.3, 0.4) is 0 Å². The number of hydrogen-bond donors (Lipinski definition) is 2. The summed E-state index contributed by atoms with van der Waals surface area (Å²) in [5.41, 5.74) is 4.07. The number of unbranched alkanes of at least 4 members (excludes halogenated alkanes) is 1. The summed E-state index contributed by atoms with van der Waals surface area (Å²) in [6, 6.07) is 12.5. The molecule has 2 N–H and O–H groups in total. The van der Waals surface area contributed by atoms with Crippen molar-refractivity contribution in [2.75, 3.05) is 5.32 Å². The molecule has 11 heteroatoms. The molecule has 1 aromatic heterocycles. The van der Waals surface area contributed by atoms with Crippen LogP contribution in [0.4, 0.5) is 5.13 Å². The first-order valence-corrected chi connectivity index (χ1v) is 12.1. The van der Waals surface area contributed by atoms with Crippen LogP contribution in [-0.4, -0.2) is 28.2 Å². The van der Waals surface area contributed by atoms with Crippen molar-refractivity contribution in [3.05, 3.63) is 68.6 Å². The molecule has 2 aromatic carbocycles. The van der Waals surface area contributed by atoms with Crippen molar-refractivity contribution in [2.45, 2.75) is 39.2 Å². The molecule has 0 fully saturated rings. The van der Waals surface area contributed by atoms with Gasteiger partial charge in [0.15, 0.2) is 0 Å². The number of anilines is 1. The fourth-order valence-corrected chi connectivity index (χ4v) is 3.92. The lowest BCUT2D eigenvalue weighted by Gasteiger charge is -2.08. The van der Waals surface area contributed by atoms with Gasteiger partial charge in [0.05, 0.1) is 12.6 Å². The highest BCUT2D eigenvalue weighted by Crippen LogP contribution is 2.23. The van der Waals surface area contributed by atoms with Crippen LogP contribution < -0.4 is 15.5 Å². The Kier molecular flexibility index (Phi) is 9.81. The zero-order valence-electron chi connectivity index (χ0n) is 18.4. The molecule has 0 unspecified atom stereocenters. The summed E-state index contributed by atoms with van der Waals surface area (Å²) in [4.78, 5) is 23.8. The predicted octanol–water partition coefficient (Wildman–Crippen LogP) is 5.25. The van der Waals surface area contributed by atoms with Crippen molar-refractivity contribution in [1.82, 2.24) is 15.6 Å². The Hall–Kier alpha value is -3.01. The third kappa shape index (κ3) is 8.40. The average molecular weight is 520 g/mol. The van der Waals surface area contributed by atoms with E-state index in [0.717, 1.165) is 35.3 Å². The van der Waals surface area contributed by atoms with Gasteiger partial charge < -0.3 is 10.1 Å². The predicted molar refractivity (Wildman–Crippen MR) is 135 cm³/mol. The summed E-state index contributed by atoms with van der Waals surface area (Å²) >= 11 is 13.2. The molecule has 0 radical (unpaired) electrons. The fourth-order valence-electron chi connectivity index (χ4n) is 2.70. The van der Waals surface area contributed by atoms with Gasteiger partial charge >= 0.3 is 0 Å². The van der Waals surface area contributed by atoms with Gasteiger partial charge in [0.25, 0.3) is 0 Å². The SMILES string of the molecule is CCCCC(=O)Nc1nnc(CC(=O)N/N=C\c2ccc(OCc3ccc(Cl)cc3Cl)cc2)s1. The second-order valence-corrected chi connectivity index (χ2v) is 9.12. The van der Waals surface area contributed by atoms with Gasteiger partial charge in [0.1, 0.15) is 17.4 Å². The average Bonchev–Trinajstić information content (AvgIpc) is 3.24. The number of halogens is 2. The number of carbonyl (C=O) groups excluding carboxylic acids is 2. The van der Waals surface area contributed by atoms with E-state index in [9.17, 15) is 9.59 Å². The molecule has 0 saturated carbocycles. The summed E-state index contributed by atoms with van der Waals surface area (Å²) in [7, 11) is 0. The highest BCUT2D eigenvalue weighted by Gasteiger charge is 2.11. The maximum absolute atomic E-state index is 12.1. The van der Waals surface area contributed by atoms with Crippen LogP contribution in [0.2, 0.25) is 10.0 Å². The number of benzene rings is 2. The van der Waals surface area contributed by atoms with Gasteiger partial charge in [-0.05, 0) is 48.4 Å². The Morgan fingerprint density at radius 2 is 1.91 bits per heavy atom. The molecule has 1 heterocycles. The van der Waals surface area contributed by atoms with Crippen LogP contribution in [0.1, 0.15) is 42.3 Å². The summed E-state index contributed by atoms with van der Waals surface area (Å²) in [5, 5.41) is 16.5. The molecule has 3 rings (SSSR count). The highest BCUT2D eigenvalue weighted by atomic mass is 35.5. The molecule has 8 nitrogen and oxygen atoms in total. The third-order valence-electron chi connectivity index (χ3n) is 4.47. The molecule has 0 saturated heterocycles. The maximum Gasteiger partial charge on any atom is 0.247 e. The van der Waals surface area contributed by atoms with Gasteiger partial charge in [-0.1, -0.05) is 53.9 Å². The Morgan fingerprint density at radius 1 is 1.12 bits per heavy atom. The minimum Gasteiger partial charge on any atom is -0.489 e. The first-order chi connectivity index (χ1) is 16.4. The standard InChI is InChI=1S/C23H23Cl2N5O3S/c1-2-3-4-20(31)27-23-30-29-22(34-23)12-21(32)28-26-13-15-5-9-18(10-6-15)33-14-16-7-8-17(24)11-19(16)25/h5-11,13H,2-4,12,14H2,1H3,(H,28,32)(H,27,30,31)/b26-13-. The highest BCUT2D eigenvalue weighted by molar-refractivity contribution is 7.15. The van der Waals surface area contributed by atoms with Crippen LogP contribution in [0.5, 0.6) is 5.75 Å². The molecule has 178 valence electrons. The molecule has 0 atom stereocenters. The third-order valence-corrected chi connectivity index (χ3v) is 5.90. The first-order valence-electron chi connectivity index (χ1n) is 10.5. The number of nitrogens with one attached hydrogen (secondary N) is 2.